The molecule has 2 amide bonds. The van der Waals surface area contributed by atoms with E-state index in [2.05, 4.69) is 10.2 Å². The van der Waals surface area contributed by atoms with E-state index in [9.17, 15) is 4.79 Å². The Morgan fingerprint density at radius 2 is 1.86 bits per heavy atom. The average molecular weight is 203 g/mol. The predicted octanol–water partition coefficient (Wildman–Crippen LogP) is -0.164. The van der Waals surface area contributed by atoms with Gasteiger partial charge in [0.15, 0.2) is 0 Å². The molecule has 0 saturated heterocycles. The van der Waals surface area contributed by atoms with Crippen molar-refractivity contribution in [3.05, 3.63) is 0 Å². The van der Waals surface area contributed by atoms with E-state index in [0.29, 0.717) is 19.8 Å². The van der Waals surface area contributed by atoms with Crippen LogP contribution in [0, 0.1) is 0 Å². The van der Waals surface area contributed by atoms with E-state index in [0.717, 1.165) is 6.54 Å². The molecule has 14 heavy (non-hydrogen) atoms. The van der Waals surface area contributed by atoms with Crippen molar-refractivity contribution in [3.63, 3.8) is 0 Å². The van der Waals surface area contributed by atoms with E-state index in [-0.39, 0.29) is 6.03 Å². The second kappa shape index (κ2) is 7.58. The Bertz CT molecular complexity index is 160. The van der Waals surface area contributed by atoms with Crippen molar-refractivity contribution in [2.75, 3.05) is 54.5 Å². The summed E-state index contributed by atoms with van der Waals surface area (Å²) in [6.45, 7) is 2.73. The lowest BCUT2D eigenvalue weighted by Crippen LogP contribution is -2.36. The van der Waals surface area contributed by atoms with Crippen molar-refractivity contribution in [1.29, 1.82) is 0 Å². The molecule has 0 rings (SSSR count). The number of nitrogens with one attached hydrogen (secondary N) is 1. The molecule has 0 aliphatic heterocycles. The summed E-state index contributed by atoms with van der Waals surface area (Å²) in [6, 6.07) is -0.0822. The van der Waals surface area contributed by atoms with Gasteiger partial charge in [-0.2, -0.15) is 0 Å². The molecule has 0 atom stereocenters. The molecule has 5 heteroatoms. The molecular weight excluding hydrogens is 182 g/mol. The smallest absolute Gasteiger partial charge is 0.316 e. The molecule has 0 fully saturated rings. The van der Waals surface area contributed by atoms with Crippen LogP contribution in [0.3, 0.4) is 0 Å². The number of carbonyl (C=O) groups excluding carboxylic acids is 1. The van der Waals surface area contributed by atoms with Crippen LogP contribution in [-0.4, -0.2) is 70.3 Å². The molecule has 0 aliphatic carbocycles. The second-order valence-electron chi connectivity index (χ2n) is 3.54. The highest BCUT2D eigenvalue weighted by molar-refractivity contribution is 5.73. The maximum Gasteiger partial charge on any atom is 0.316 e. The van der Waals surface area contributed by atoms with Crippen LogP contribution in [0.15, 0.2) is 0 Å². The largest absolute Gasteiger partial charge is 0.378 e. The predicted molar refractivity (Wildman–Crippen MR) is 56.5 cm³/mol. The molecule has 0 heterocycles. The zero-order valence-electron chi connectivity index (χ0n) is 9.54. The topological polar surface area (TPSA) is 44.8 Å². The van der Waals surface area contributed by atoms with E-state index >= 15 is 0 Å². The normalized spacial score (nSPS) is 10.4. The number of ether oxygens (including phenoxy) is 1. The van der Waals surface area contributed by atoms with Crippen LogP contribution in [0.2, 0.25) is 0 Å². The number of urea groups is 1. The Morgan fingerprint density at radius 1 is 1.21 bits per heavy atom. The highest BCUT2D eigenvalue weighted by Gasteiger charge is 2.00. The fourth-order valence-corrected chi connectivity index (χ4v) is 0.737. The van der Waals surface area contributed by atoms with Crippen molar-refractivity contribution in [3.8, 4) is 0 Å². The monoisotopic (exact) mass is 203 g/mol. The number of hydrogen-bond donors (Lipinski definition) is 1. The third kappa shape index (κ3) is 7.82. The first-order valence-electron chi connectivity index (χ1n) is 4.71. The van der Waals surface area contributed by atoms with Gasteiger partial charge in [-0.25, -0.2) is 4.79 Å². The van der Waals surface area contributed by atoms with Gasteiger partial charge < -0.3 is 19.9 Å². The molecule has 0 aromatic rings. The van der Waals surface area contributed by atoms with E-state index < -0.39 is 0 Å². The van der Waals surface area contributed by atoms with Gasteiger partial charge in [0.1, 0.15) is 0 Å². The lowest BCUT2D eigenvalue weighted by Gasteiger charge is -2.12. The quantitative estimate of drug-likeness (QED) is 0.610. The number of nitrogens with zero attached hydrogens (tertiary/aromatic N) is 2. The van der Waals surface area contributed by atoms with Crippen molar-refractivity contribution in [1.82, 2.24) is 15.1 Å². The summed E-state index contributed by atoms with van der Waals surface area (Å²) in [5.74, 6) is 0. The second-order valence-corrected chi connectivity index (χ2v) is 3.54. The Hall–Kier alpha value is -0.810. The van der Waals surface area contributed by atoms with Gasteiger partial charge in [-0.05, 0) is 14.1 Å². The lowest BCUT2D eigenvalue weighted by atomic mass is 10.6. The number of carbonyl (C=O) groups is 1. The highest BCUT2D eigenvalue weighted by Crippen LogP contribution is 1.79. The standard InChI is InChI=1S/C9H21N3O2/c1-11(2)6-8-14-7-5-10-9(13)12(3)4/h5-8H2,1-4H3,(H,10,13). The van der Waals surface area contributed by atoms with Crippen LogP contribution < -0.4 is 5.32 Å². The van der Waals surface area contributed by atoms with Crippen LogP contribution in [-0.2, 0) is 4.74 Å². The third-order valence-corrected chi connectivity index (χ3v) is 1.61. The Balaban J connectivity index is 3.18. The molecule has 0 aromatic carbocycles. The Labute approximate surface area is 86.0 Å². The molecule has 5 nitrogen and oxygen atoms in total. The third-order valence-electron chi connectivity index (χ3n) is 1.61. The van der Waals surface area contributed by atoms with Crippen LogP contribution in [0.25, 0.3) is 0 Å². The van der Waals surface area contributed by atoms with Gasteiger partial charge in [0, 0.05) is 27.2 Å². The van der Waals surface area contributed by atoms with Crippen molar-refractivity contribution in [2.45, 2.75) is 0 Å². The van der Waals surface area contributed by atoms with Gasteiger partial charge in [-0.1, -0.05) is 0 Å². The molecule has 1 N–H and O–H groups in total. The zero-order chi connectivity index (χ0) is 11.0. The minimum absolute atomic E-state index is 0.0822. The van der Waals surface area contributed by atoms with E-state index in [1.54, 1.807) is 14.1 Å². The lowest BCUT2D eigenvalue weighted by molar-refractivity contribution is 0.119. The van der Waals surface area contributed by atoms with Gasteiger partial charge in [0.2, 0.25) is 0 Å². The maximum absolute atomic E-state index is 11.0. The molecule has 0 aromatic heterocycles. The summed E-state index contributed by atoms with van der Waals surface area (Å²) in [5, 5.41) is 2.72. The number of amides is 2. The maximum atomic E-state index is 11.0. The minimum atomic E-state index is -0.0822. The van der Waals surface area contributed by atoms with Crippen molar-refractivity contribution in [2.24, 2.45) is 0 Å². The number of likely N-dealkylation sites (N-methyl/N-ethyl adjacent to an activating group) is 1. The SMILES string of the molecule is CN(C)CCOCCNC(=O)N(C)C. The van der Waals surface area contributed by atoms with Crippen molar-refractivity contribution >= 4 is 6.03 Å². The Kier molecular flexibility index (Phi) is 7.14. The van der Waals surface area contributed by atoms with Gasteiger partial charge in [0.05, 0.1) is 13.2 Å². The molecule has 84 valence electrons. The molecule has 0 spiro atoms. The first-order valence-corrected chi connectivity index (χ1v) is 4.71. The van der Waals surface area contributed by atoms with Crippen molar-refractivity contribution < 1.29 is 9.53 Å². The molecule has 0 saturated carbocycles. The number of rotatable bonds is 6. The molecule has 0 aliphatic rings. The summed E-state index contributed by atoms with van der Waals surface area (Å²) in [6.07, 6.45) is 0. The van der Waals surface area contributed by atoms with E-state index in [4.69, 9.17) is 4.74 Å². The van der Waals surface area contributed by atoms with Crippen LogP contribution >= 0.6 is 0 Å². The van der Waals surface area contributed by atoms with Gasteiger partial charge in [-0.3, -0.25) is 0 Å². The fraction of sp³-hybridized carbons (Fsp3) is 0.889. The van der Waals surface area contributed by atoms with Crippen LogP contribution in [0.1, 0.15) is 0 Å². The van der Waals surface area contributed by atoms with Gasteiger partial charge in [0.25, 0.3) is 0 Å². The molecular formula is C9H21N3O2. The van der Waals surface area contributed by atoms with Gasteiger partial charge in [-0.15, -0.1) is 0 Å². The van der Waals surface area contributed by atoms with E-state index in [1.807, 2.05) is 14.1 Å². The fourth-order valence-electron chi connectivity index (χ4n) is 0.737. The van der Waals surface area contributed by atoms with Crippen LogP contribution in [0.4, 0.5) is 4.79 Å². The van der Waals surface area contributed by atoms with E-state index in [1.165, 1.54) is 4.90 Å². The molecule has 0 bridgehead atoms. The first kappa shape index (κ1) is 13.2. The Morgan fingerprint density at radius 3 is 2.36 bits per heavy atom. The van der Waals surface area contributed by atoms with Crippen LogP contribution in [0.5, 0.6) is 0 Å². The summed E-state index contributed by atoms with van der Waals surface area (Å²) in [7, 11) is 7.42. The average Bonchev–Trinajstić information content (AvgIpc) is 2.09. The summed E-state index contributed by atoms with van der Waals surface area (Å²) < 4.78 is 5.30. The minimum Gasteiger partial charge on any atom is -0.378 e. The molecule has 0 unspecified atom stereocenters. The summed E-state index contributed by atoms with van der Waals surface area (Å²) in [5.41, 5.74) is 0. The number of hydrogen-bond acceptors (Lipinski definition) is 3. The van der Waals surface area contributed by atoms with Gasteiger partial charge >= 0.3 is 6.03 Å². The zero-order valence-corrected chi connectivity index (χ0v) is 9.54. The summed E-state index contributed by atoms with van der Waals surface area (Å²) >= 11 is 0. The first-order chi connectivity index (χ1) is 6.54. The highest BCUT2D eigenvalue weighted by atomic mass is 16.5. The summed E-state index contributed by atoms with van der Waals surface area (Å²) in [4.78, 5) is 14.6. The molecule has 0 radical (unpaired) electrons.